The van der Waals surface area contributed by atoms with Gasteiger partial charge >= 0.3 is 0 Å². The molecule has 7 rings (SSSR count). The maximum absolute atomic E-state index is 7.00. The Labute approximate surface area is 362 Å². The molecule has 0 aliphatic heterocycles. The smallest absolute Gasteiger partial charge is 0.0541 e. The fourth-order valence-electron chi connectivity index (χ4n) is 7.87. The number of aromatic nitrogens is 1. The molecule has 0 saturated heterocycles. The minimum atomic E-state index is 0. The Morgan fingerprint density at radius 3 is 1.32 bits per heavy atom. The molecule has 0 fully saturated rings. The predicted octanol–water partition coefficient (Wildman–Crippen LogP) is 14.6. The first-order valence-electron chi connectivity index (χ1n) is 21.4. The third-order valence-corrected chi connectivity index (χ3v) is 11.6. The van der Waals surface area contributed by atoms with Crippen molar-refractivity contribution >= 4 is 21.8 Å². The fraction of sp³-hybridized carbons (Fsp3) is 0.368. The minimum absolute atomic E-state index is 0. The first-order chi connectivity index (χ1) is 27.5. The van der Waals surface area contributed by atoms with Gasteiger partial charge in [0.05, 0.1) is 11.0 Å². The topological polar surface area (TPSA) is 56.7 Å². The number of benzene rings is 6. The fourth-order valence-corrected chi connectivity index (χ4v) is 7.87. The van der Waals surface area contributed by atoms with Gasteiger partial charge in [-0.15, -0.1) is 0 Å². The first-order valence-corrected chi connectivity index (χ1v) is 21.4. The van der Waals surface area contributed by atoms with E-state index in [1.54, 1.807) is 0 Å². The van der Waals surface area contributed by atoms with Gasteiger partial charge in [0.15, 0.2) is 0 Å². The molecule has 3 N–H and O–H groups in total. The molecule has 0 aliphatic rings. The monoisotopic (exact) mass is 804 g/mol. The number of hydrogen-bond donors (Lipinski definition) is 1. The molecule has 0 bridgehead atoms. The van der Waals surface area contributed by atoms with Crippen LogP contribution in [-0.2, 0) is 28.1 Å². The maximum atomic E-state index is 7.00. The van der Waals surface area contributed by atoms with E-state index in [0.29, 0.717) is 0 Å². The molecular weight excluding hydrogens is 731 g/mol. The summed E-state index contributed by atoms with van der Waals surface area (Å²) in [6.07, 6.45) is 0.959. The van der Waals surface area contributed by atoms with E-state index in [-0.39, 0.29) is 27.1 Å². The van der Waals surface area contributed by atoms with Crippen molar-refractivity contribution in [3.8, 4) is 16.8 Å². The summed E-state index contributed by atoms with van der Waals surface area (Å²) >= 11 is 0. The second-order valence-electron chi connectivity index (χ2n) is 20.7. The van der Waals surface area contributed by atoms with Crippen LogP contribution in [0.5, 0.6) is 0 Å². The summed E-state index contributed by atoms with van der Waals surface area (Å²) in [6, 6.07) is 45.7. The van der Waals surface area contributed by atoms with Crippen LogP contribution in [0, 0.1) is 20.8 Å². The van der Waals surface area contributed by atoms with Crippen LogP contribution in [0.1, 0.15) is 133 Å². The van der Waals surface area contributed by atoms with Crippen molar-refractivity contribution in [1.82, 2.24) is 4.57 Å². The van der Waals surface area contributed by atoms with Crippen LogP contribution in [0.2, 0.25) is 0 Å². The van der Waals surface area contributed by atoms with Crippen molar-refractivity contribution in [3.05, 3.63) is 171 Å². The number of nitrogens with zero attached hydrogens (tertiary/aromatic N) is 1. The molecule has 1 aromatic heterocycles. The average molecular weight is 804 g/mol. The summed E-state index contributed by atoms with van der Waals surface area (Å²) in [7, 11) is 1.00. The largest absolute Gasteiger partial charge is 0.412 e. The summed E-state index contributed by atoms with van der Waals surface area (Å²) < 4.78 is 2.41. The maximum Gasteiger partial charge on any atom is 0.0541 e. The van der Waals surface area contributed by atoms with Gasteiger partial charge < -0.3 is 15.1 Å². The normalized spacial score (nSPS) is 12.0. The SMILES string of the molecule is CO.Cc1cccc(-n2c3ccc(C(C)(C)C)cc3c3cc(C(C)(C)C)ccc32)c1.Cc1cccc(Cc2ccc(C(C)(C)C)cc2-c2cc(C(C)(C)C)ccc2C)c1.O. The quantitative estimate of drug-likeness (QED) is 0.189. The summed E-state index contributed by atoms with van der Waals surface area (Å²) in [6.45, 7) is 34.1. The van der Waals surface area contributed by atoms with E-state index in [1.165, 1.54) is 88.7 Å². The molecule has 60 heavy (non-hydrogen) atoms. The number of aliphatic hydroxyl groups excluding tert-OH is 1. The molecule has 3 nitrogen and oxygen atoms in total. The molecule has 0 atom stereocenters. The number of aliphatic hydroxyl groups is 1. The molecule has 0 aliphatic carbocycles. The standard InChI is InChI=1S/C29H36.C27H31N.CH4O.H2O/c1-20-10-9-11-22(16-20)17-23-13-15-25(29(6,7)8)19-27(23)26-18-24(28(3,4)5)14-12-21(26)2;1-18-9-8-10-21(15-18)28-24-13-11-19(26(2,3)4)16-22(24)23-17-20(27(5,6)7)12-14-25(23)28;1-2;/h9-16,18-19H,17H2,1-8H3;8-17H,1-7H3;2H,1H3;1H2. The number of rotatable bonds is 4. The third-order valence-electron chi connectivity index (χ3n) is 11.6. The van der Waals surface area contributed by atoms with Crippen molar-refractivity contribution < 1.29 is 10.6 Å². The van der Waals surface area contributed by atoms with E-state index in [2.05, 4.69) is 230 Å². The zero-order valence-electron chi connectivity index (χ0n) is 39.6. The van der Waals surface area contributed by atoms with Gasteiger partial charge in [-0.3, -0.25) is 0 Å². The average Bonchev–Trinajstić information content (AvgIpc) is 3.48. The minimum Gasteiger partial charge on any atom is -0.412 e. The van der Waals surface area contributed by atoms with Crippen molar-refractivity contribution in [2.24, 2.45) is 0 Å². The highest BCUT2D eigenvalue weighted by atomic mass is 16.2. The number of aryl methyl sites for hydroxylation is 3. The Morgan fingerprint density at radius 1 is 0.433 bits per heavy atom. The summed E-state index contributed by atoms with van der Waals surface area (Å²) in [4.78, 5) is 0. The summed E-state index contributed by atoms with van der Waals surface area (Å²) in [5, 5.41) is 9.69. The van der Waals surface area contributed by atoms with Crippen LogP contribution in [0.25, 0.3) is 38.6 Å². The Morgan fingerprint density at radius 2 is 0.850 bits per heavy atom. The van der Waals surface area contributed by atoms with Gasteiger partial charge in [0, 0.05) is 23.6 Å². The van der Waals surface area contributed by atoms with Gasteiger partial charge in [-0.2, -0.15) is 0 Å². The second kappa shape index (κ2) is 18.3. The molecule has 6 aromatic carbocycles. The molecule has 0 amide bonds. The lowest BCUT2D eigenvalue weighted by Gasteiger charge is -2.24. The van der Waals surface area contributed by atoms with Gasteiger partial charge in [0.2, 0.25) is 0 Å². The van der Waals surface area contributed by atoms with Gasteiger partial charge in [-0.25, -0.2) is 0 Å². The highest BCUT2D eigenvalue weighted by molar-refractivity contribution is 6.10. The van der Waals surface area contributed by atoms with E-state index in [1.807, 2.05) is 0 Å². The predicted molar refractivity (Wildman–Crippen MR) is 263 cm³/mol. The summed E-state index contributed by atoms with van der Waals surface area (Å²) in [5.74, 6) is 0. The Kier molecular flexibility index (Phi) is 14.6. The molecule has 0 unspecified atom stereocenters. The molecule has 318 valence electrons. The van der Waals surface area contributed by atoms with Crippen molar-refractivity contribution in [2.45, 2.75) is 132 Å². The highest BCUT2D eigenvalue weighted by Crippen LogP contribution is 2.39. The molecule has 0 saturated carbocycles. The van der Waals surface area contributed by atoms with Gasteiger partial charge in [-0.1, -0.05) is 174 Å². The molecule has 3 heteroatoms. The Balaban J connectivity index is 0.000000250. The lowest BCUT2D eigenvalue weighted by Crippen LogP contribution is -2.13. The number of fused-ring (bicyclic) bond motifs is 3. The van der Waals surface area contributed by atoms with Crippen molar-refractivity contribution in [2.75, 3.05) is 7.11 Å². The molecule has 0 radical (unpaired) electrons. The Hall–Kier alpha value is -4.96. The van der Waals surface area contributed by atoms with E-state index >= 15 is 0 Å². The molecule has 7 aromatic rings. The zero-order valence-corrected chi connectivity index (χ0v) is 39.6. The number of hydrogen-bond acceptors (Lipinski definition) is 1. The lowest BCUT2D eigenvalue weighted by atomic mass is 9.80. The van der Waals surface area contributed by atoms with Gasteiger partial charge in [-0.05, 0) is 141 Å². The Bertz CT molecular complexity index is 2480. The van der Waals surface area contributed by atoms with Gasteiger partial charge in [0.1, 0.15) is 0 Å². The molecular formula is C57H73NO2. The van der Waals surface area contributed by atoms with E-state index in [9.17, 15) is 0 Å². The highest BCUT2D eigenvalue weighted by Gasteiger charge is 2.22. The summed E-state index contributed by atoms with van der Waals surface area (Å²) in [5.41, 5.74) is 19.3. The van der Waals surface area contributed by atoms with Crippen LogP contribution in [0.3, 0.4) is 0 Å². The third kappa shape index (κ3) is 10.9. The van der Waals surface area contributed by atoms with E-state index in [4.69, 9.17) is 5.11 Å². The second-order valence-corrected chi connectivity index (χ2v) is 20.7. The zero-order chi connectivity index (χ0) is 43.7. The molecule has 0 spiro atoms. The van der Waals surface area contributed by atoms with E-state index < -0.39 is 0 Å². The van der Waals surface area contributed by atoms with Crippen molar-refractivity contribution in [3.63, 3.8) is 0 Å². The molecule has 1 heterocycles. The van der Waals surface area contributed by atoms with Crippen LogP contribution in [0.4, 0.5) is 0 Å². The van der Waals surface area contributed by atoms with Crippen LogP contribution < -0.4 is 0 Å². The lowest BCUT2D eigenvalue weighted by molar-refractivity contribution is 0.399. The van der Waals surface area contributed by atoms with Gasteiger partial charge in [0.25, 0.3) is 0 Å². The van der Waals surface area contributed by atoms with Crippen LogP contribution >= 0.6 is 0 Å². The first kappa shape index (κ1) is 47.7. The van der Waals surface area contributed by atoms with Crippen LogP contribution in [0.15, 0.2) is 121 Å². The van der Waals surface area contributed by atoms with E-state index in [0.717, 1.165) is 13.5 Å². The van der Waals surface area contributed by atoms with Crippen LogP contribution in [-0.4, -0.2) is 22.3 Å². The van der Waals surface area contributed by atoms with Crippen molar-refractivity contribution in [1.29, 1.82) is 0 Å².